The van der Waals surface area contributed by atoms with E-state index in [1.807, 2.05) is 0 Å². The van der Waals surface area contributed by atoms with Crippen LogP contribution in [0.25, 0.3) is 0 Å². The number of aryl methyl sites for hydroxylation is 2. The summed E-state index contributed by atoms with van der Waals surface area (Å²) in [7, 11) is -3.92. The summed E-state index contributed by atoms with van der Waals surface area (Å²) in [5, 5.41) is 0. The Hall–Kier alpha value is -2.09. The van der Waals surface area contributed by atoms with Crippen molar-refractivity contribution in [2.24, 2.45) is 0 Å². The van der Waals surface area contributed by atoms with Crippen LogP contribution in [0.5, 0.6) is 0 Å². The molecule has 0 unspecified atom stereocenters. The lowest BCUT2D eigenvalue weighted by Gasteiger charge is -2.09. The highest BCUT2D eigenvalue weighted by atomic mass is 32.2. The van der Waals surface area contributed by atoms with Crippen LogP contribution in [0.15, 0.2) is 27.7 Å². The van der Waals surface area contributed by atoms with Crippen LogP contribution in [0.1, 0.15) is 11.3 Å². The average Bonchev–Trinajstić information content (AvgIpc) is 2.68. The molecular weight excluding hydrogens is 273 g/mol. The van der Waals surface area contributed by atoms with Gasteiger partial charge in [0.05, 0.1) is 16.3 Å². The molecule has 2 aromatic rings. The van der Waals surface area contributed by atoms with Crippen molar-refractivity contribution in [1.29, 1.82) is 0 Å². The second-order valence-corrected chi connectivity index (χ2v) is 5.69. The first-order chi connectivity index (χ1) is 8.79. The molecule has 6 nitrogen and oxygen atoms in total. The minimum atomic E-state index is -3.92. The van der Waals surface area contributed by atoms with Crippen molar-refractivity contribution in [3.05, 3.63) is 35.5 Å². The van der Waals surface area contributed by atoms with Gasteiger partial charge in [0.2, 0.25) is 0 Å². The summed E-state index contributed by atoms with van der Waals surface area (Å²) in [6.45, 7) is 3.13. The Labute approximate surface area is 109 Å². The van der Waals surface area contributed by atoms with E-state index in [9.17, 15) is 12.8 Å². The second kappa shape index (κ2) is 4.54. The van der Waals surface area contributed by atoms with Gasteiger partial charge in [-0.2, -0.15) is 4.98 Å². The van der Waals surface area contributed by atoms with Crippen molar-refractivity contribution in [3.63, 3.8) is 0 Å². The van der Waals surface area contributed by atoms with Crippen LogP contribution in [-0.2, 0) is 10.0 Å². The molecule has 8 heteroatoms. The summed E-state index contributed by atoms with van der Waals surface area (Å²) in [4.78, 5) is 3.71. The largest absolute Gasteiger partial charge is 0.431 e. The summed E-state index contributed by atoms with van der Waals surface area (Å²) < 4.78 is 44.5. The fraction of sp³-hybridized carbons (Fsp3) is 0.182. The number of halogens is 1. The highest BCUT2D eigenvalue weighted by molar-refractivity contribution is 7.92. The first-order valence-electron chi connectivity index (χ1n) is 5.30. The third kappa shape index (κ3) is 2.68. The molecular formula is C11H12FN3O3S. The van der Waals surface area contributed by atoms with E-state index in [1.165, 1.54) is 13.2 Å². The molecule has 0 aliphatic rings. The van der Waals surface area contributed by atoms with Crippen LogP contribution in [0, 0.1) is 19.7 Å². The standard InChI is InChI=1S/C11H12FN3O3S/c1-6-3-8(12)9(13)4-10(6)19(16,17)15-11-14-7(2)5-18-11/h3-5H,13H2,1-2H3,(H,14,15). The van der Waals surface area contributed by atoms with Crippen molar-refractivity contribution in [1.82, 2.24) is 4.98 Å². The molecule has 1 heterocycles. The van der Waals surface area contributed by atoms with E-state index < -0.39 is 15.8 Å². The number of nitrogens with zero attached hydrogens (tertiary/aromatic N) is 1. The first kappa shape index (κ1) is 13.3. The van der Waals surface area contributed by atoms with Crippen LogP contribution in [0.3, 0.4) is 0 Å². The van der Waals surface area contributed by atoms with E-state index in [4.69, 9.17) is 10.2 Å². The normalized spacial score (nSPS) is 11.5. The number of anilines is 2. The average molecular weight is 285 g/mol. The summed E-state index contributed by atoms with van der Waals surface area (Å²) in [5.74, 6) is -0.664. The van der Waals surface area contributed by atoms with Crippen LogP contribution in [0.2, 0.25) is 0 Å². The molecule has 2 rings (SSSR count). The molecule has 0 bridgehead atoms. The summed E-state index contributed by atoms with van der Waals surface area (Å²) in [6, 6.07) is 1.97. The van der Waals surface area contributed by atoms with E-state index in [2.05, 4.69) is 9.71 Å². The van der Waals surface area contributed by atoms with Gasteiger partial charge >= 0.3 is 6.01 Å². The lowest BCUT2D eigenvalue weighted by Crippen LogP contribution is -2.15. The number of nitrogen functional groups attached to an aromatic ring is 1. The number of hydrogen-bond donors (Lipinski definition) is 2. The van der Waals surface area contributed by atoms with Crippen LogP contribution in [0.4, 0.5) is 16.1 Å². The molecule has 0 aliphatic heterocycles. The molecule has 3 N–H and O–H groups in total. The quantitative estimate of drug-likeness (QED) is 0.838. The van der Waals surface area contributed by atoms with Gasteiger partial charge in [0.15, 0.2) is 0 Å². The molecule has 19 heavy (non-hydrogen) atoms. The maximum atomic E-state index is 13.2. The maximum absolute atomic E-state index is 13.2. The Morgan fingerprint density at radius 2 is 2.05 bits per heavy atom. The van der Waals surface area contributed by atoms with E-state index in [1.54, 1.807) is 6.92 Å². The number of benzene rings is 1. The molecule has 0 saturated carbocycles. The van der Waals surface area contributed by atoms with Crippen molar-refractivity contribution in [2.75, 3.05) is 10.5 Å². The van der Waals surface area contributed by atoms with Crippen molar-refractivity contribution in [3.8, 4) is 0 Å². The number of sulfonamides is 1. The third-order valence-electron chi connectivity index (χ3n) is 2.42. The number of aromatic nitrogens is 1. The highest BCUT2D eigenvalue weighted by Gasteiger charge is 2.20. The topological polar surface area (TPSA) is 98.2 Å². The monoisotopic (exact) mass is 285 g/mol. The van der Waals surface area contributed by atoms with E-state index >= 15 is 0 Å². The molecule has 0 atom stereocenters. The first-order valence-corrected chi connectivity index (χ1v) is 6.78. The van der Waals surface area contributed by atoms with Gasteiger partial charge in [-0.1, -0.05) is 0 Å². The lowest BCUT2D eigenvalue weighted by molar-refractivity contribution is 0.569. The summed E-state index contributed by atoms with van der Waals surface area (Å²) >= 11 is 0. The van der Waals surface area contributed by atoms with Gasteiger partial charge in [0.1, 0.15) is 12.1 Å². The molecule has 0 radical (unpaired) electrons. The summed E-state index contributed by atoms with van der Waals surface area (Å²) in [6.07, 6.45) is 1.31. The Balaban J connectivity index is 2.42. The van der Waals surface area contributed by atoms with E-state index in [0.29, 0.717) is 5.69 Å². The van der Waals surface area contributed by atoms with Gasteiger partial charge in [-0.15, -0.1) is 0 Å². The number of rotatable bonds is 3. The zero-order valence-corrected chi connectivity index (χ0v) is 11.1. The second-order valence-electron chi connectivity index (χ2n) is 4.04. The van der Waals surface area contributed by atoms with E-state index in [-0.39, 0.29) is 22.2 Å². The molecule has 0 amide bonds. The molecule has 0 saturated heterocycles. The van der Waals surface area contributed by atoms with Crippen LogP contribution in [-0.4, -0.2) is 13.4 Å². The number of hydrogen-bond acceptors (Lipinski definition) is 5. The fourth-order valence-electron chi connectivity index (χ4n) is 1.53. The SMILES string of the molecule is Cc1coc(NS(=O)(=O)c2cc(N)c(F)cc2C)n1. The maximum Gasteiger partial charge on any atom is 0.309 e. The highest BCUT2D eigenvalue weighted by Crippen LogP contribution is 2.23. The van der Waals surface area contributed by atoms with Gasteiger partial charge in [0, 0.05) is 0 Å². The molecule has 1 aromatic carbocycles. The van der Waals surface area contributed by atoms with Gasteiger partial charge in [-0.25, -0.2) is 17.5 Å². The van der Waals surface area contributed by atoms with Crippen molar-refractivity contribution >= 4 is 21.7 Å². The predicted octanol–water partition coefficient (Wildman–Crippen LogP) is 1.81. The van der Waals surface area contributed by atoms with Crippen molar-refractivity contribution in [2.45, 2.75) is 18.7 Å². The Kier molecular flexibility index (Phi) is 3.19. The number of nitrogens with two attached hydrogens (primary N) is 1. The Bertz CT molecular complexity index is 725. The molecule has 102 valence electrons. The van der Waals surface area contributed by atoms with Crippen molar-refractivity contribution < 1.29 is 17.2 Å². The van der Waals surface area contributed by atoms with Crippen LogP contribution >= 0.6 is 0 Å². The van der Waals surface area contributed by atoms with E-state index in [0.717, 1.165) is 12.1 Å². The Morgan fingerprint density at radius 3 is 2.63 bits per heavy atom. The van der Waals surface area contributed by atoms with Crippen LogP contribution < -0.4 is 10.5 Å². The fourth-order valence-corrected chi connectivity index (χ4v) is 2.73. The minimum Gasteiger partial charge on any atom is -0.431 e. The molecule has 0 aliphatic carbocycles. The number of nitrogens with one attached hydrogen (secondary N) is 1. The zero-order chi connectivity index (χ0) is 14.2. The zero-order valence-electron chi connectivity index (χ0n) is 10.3. The molecule has 1 aromatic heterocycles. The summed E-state index contributed by atoms with van der Waals surface area (Å²) in [5.41, 5.74) is 5.91. The van der Waals surface area contributed by atoms with Gasteiger partial charge in [-0.05, 0) is 31.5 Å². The van der Waals surface area contributed by atoms with Gasteiger partial charge in [-0.3, -0.25) is 0 Å². The number of oxazole rings is 1. The lowest BCUT2D eigenvalue weighted by atomic mass is 10.2. The smallest absolute Gasteiger partial charge is 0.309 e. The van der Waals surface area contributed by atoms with Gasteiger partial charge < -0.3 is 10.2 Å². The predicted molar refractivity (Wildman–Crippen MR) is 67.6 cm³/mol. The Morgan fingerprint density at radius 1 is 1.37 bits per heavy atom. The van der Waals surface area contributed by atoms with Gasteiger partial charge in [0.25, 0.3) is 10.0 Å². The minimum absolute atomic E-state index is 0.123. The molecule has 0 spiro atoms. The molecule has 0 fully saturated rings. The third-order valence-corrected chi connectivity index (χ3v) is 3.89.